The number of aliphatic hydroxyl groups is 1. The average molecular weight is 244 g/mol. The third-order valence-electron chi connectivity index (χ3n) is 1.80. The van der Waals surface area contributed by atoms with Crippen molar-refractivity contribution in [2.45, 2.75) is 23.6 Å². The molecule has 0 saturated carbocycles. The normalized spacial score (nSPS) is 12.4. The summed E-state index contributed by atoms with van der Waals surface area (Å²) in [7, 11) is 0. The molecule has 0 amide bonds. The van der Waals surface area contributed by atoms with Gasteiger partial charge >= 0.3 is 5.69 Å². The van der Waals surface area contributed by atoms with Gasteiger partial charge in [-0.15, -0.1) is 0 Å². The number of aliphatic hydroxyl groups excluding tert-OH is 1. The lowest BCUT2D eigenvalue weighted by Gasteiger charge is -2.08. The summed E-state index contributed by atoms with van der Waals surface area (Å²) in [5.41, 5.74) is 5.21. The lowest BCUT2D eigenvalue weighted by molar-refractivity contribution is -0.388. The van der Waals surface area contributed by atoms with Crippen molar-refractivity contribution in [1.82, 2.24) is 9.97 Å². The number of hydrogen-bond donors (Lipinski definition) is 2. The Morgan fingerprint density at radius 3 is 3.00 bits per heavy atom. The number of anilines is 1. The van der Waals surface area contributed by atoms with E-state index in [1.54, 1.807) is 0 Å². The van der Waals surface area contributed by atoms with Crippen LogP contribution >= 0.6 is 11.8 Å². The van der Waals surface area contributed by atoms with Gasteiger partial charge in [-0.1, -0.05) is 18.7 Å². The second-order valence-electron chi connectivity index (χ2n) is 3.12. The van der Waals surface area contributed by atoms with Gasteiger partial charge in [0.2, 0.25) is 5.95 Å². The molecule has 1 unspecified atom stereocenters. The Balaban J connectivity index is 2.92. The van der Waals surface area contributed by atoms with E-state index < -0.39 is 4.92 Å². The zero-order valence-corrected chi connectivity index (χ0v) is 9.48. The fourth-order valence-electron chi connectivity index (χ4n) is 1.02. The molecule has 0 aliphatic heterocycles. The van der Waals surface area contributed by atoms with Crippen LogP contribution in [0.4, 0.5) is 11.6 Å². The van der Waals surface area contributed by atoms with Crippen LogP contribution in [0.1, 0.15) is 13.3 Å². The minimum atomic E-state index is -0.548. The SMILES string of the molecule is CC(CCO)Sc1nc(N)ncc1[N+](=O)[O-]. The molecule has 0 aromatic carbocycles. The first kappa shape index (κ1) is 12.7. The van der Waals surface area contributed by atoms with Gasteiger partial charge in [0.05, 0.1) is 4.92 Å². The zero-order chi connectivity index (χ0) is 12.1. The number of nitrogen functional groups attached to an aromatic ring is 1. The summed E-state index contributed by atoms with van der Waals surface area (Å²) in [6, 6.07) is 0. The number of aromatic nitrogens is 2. The maximum atomic E-state index is 10.7. The quantitative estimate of drug-likeness (QED) is 0.341. The number of rotatable bonds is 5. The molecule has 3 N–H and O–H groups in total. The molecule has 0 saturated heterocycles. The lowest BCUT2D eigenvalue weighted by Crippen LogP contribution is -2.04. The van der Waals surface area contributed by atoms with Crippen LogP contribution < -0.4 is 5.73 Å². The van der Waals surface area contributed by atoms with Gasteiger partial charge in [0.15, 0.2) is 5.03 Å². The molecule has 0 radical (unpaired) electrons. The van der Waals surface area contributed by atoms with Gasteiger partial charge in [0, 0.05) is 11.9 Å². The molecule has 16 heavy (non-hydrogen) atoms. The summed E-state index contributed by atoms with van der Waals surface area (Å²) in [5, 5.41) is 19.7. The standard InChI is InChI=1S/C8H12N4O3S/c1-5(2-3-13)16-7-6(12(14)15)4-10-8(9)11-7/h4-5,13H,2-3H2,1H3,(H2,9,10,11). The highest BCUT2D eigenvalue weighted by molar-refractivity contribution is 8.00. The van der Waals surface area contributed by atoms with E-state index in [-0.39, 0.29) is 28.5 Å². The number of hydrogen-bond acceptors (Lipinski definition) is 7. The van der Waals surface area contributed by atoms with Gasteiger partial charge in [0.25, 0.3) is 0 Å². The number of nitro groups is 1. The Morgan fingerprint density at radius 2 is 2.44 bits per heavy atom. The summed E-state index contributed by atoms with van der Waals surface area (Å²) in [6.45, 7) is 1.88. The highest BCUT2D eigenvalue weighted by Crippen LogP contribution is 2.30. The Bertz CT molecular complexity index is 388. The molecule has 1 atom stereocenters. The first-order valence-corrected chi connectivity index (χ1v) is 5.47. The van der Waals surface area contributed by atoms with Gasteiger partial charge in [-0.25, -0.2) is 4.98 Å². The minimum Gasteiger partial charge on any atom is -0.396 e. The average Bonchev–Trinajstić information content (AvgIpc) is 2.17. The second kappa shape index (κ2) is 5.61. The van der Waals surface area contributed by atoms with E-state index in [0.717, 1.165) is 6.20 Å². The molecule has 1 aromatic rings. The van der Waals surface area contributed by atoms with Crippen LogP contribution in [0.2, 0.25) is 0 Å². The third kappa shape index (κ3) is 3.31. The molecule has 1 rings (SSSR count). The van der Waals surface area contributed by atoms with Crippen LogP contribution in [0.25, 0.3) is 0 Å². The Kier molecular flexibility index (Phi) is 4.44. The van der Waals surface area contributed by atoms with Gasteiger partial charge < -0.3 is 10.8 Å². The summed E-state index contributed by atoms with van der Waals surface area (Å²) in [5.74, 6) is 0.00398. The fourth-order valence-corrected chi connectivity index (χ4v) is 2.01. The van der Waals surface area contributed by atoms with E-state index >= 15 is 0 Å². The molecule has 0 aliphatic rings. The highest BCUT2D eigenvalue weighted by Gasteiger charge is 2.19. The van der Waals surface area contributed by atoms with Crippen LogP contribution in [0.5, 0.6) is 0 Å². The third-order valence-corrected chi connectivity index (χ3v) is 2.96. The van der Waals surface area contributed by atoms with Crippen LogP contribution in [0.3, 0.4) is 0 Å². The highest BCUT2D eigenvalue weighted by atomic mass is 32.2. The van der Waals surface area contributed by atoms with E-state index in [1.807, 2.05) is 6.92 Å². The number of nitrogens with two attached hydrogens (primary N) is 1. The maximum absolute atomic E-state index is 10.7. The van der Waals surface area contributed by atoms with Crippen LogP contribution in [-0.2, 0) is 0 Å². The molecule has 0 bridgehead atoms. The van der Waals surface area contributed by atoms with E-state index in [1.165, 1.54) is 11.8 Å². The lowest BCUT2D eigenvalue weighted by atomic mass is 10.3. The Morgan fingerprint density at radius 1 is 1.75 bits per heavy atom. The molecular formula is C8H12N4O3S. The Hall–Kier alpha value is -1.41. The topological polar surface area (TPSA) is 115 Å². The van der Waals surface area contributed by atoms with Crippen molar-refractivity contribution in [1.29, 1.82) is 0 Å². The maximum Gasteiger partial charge on any atom is 0.319 e. The monoisotopic (exact) mass is 244 g/mol. The summed E-state index contributed by atoms with van der Waals surface area (Å²) in [6.07, 6.45) is 1.63. The largest absolute Gasteiger partial charge is 0.396 e. The predicted octanol–water partition coefficient (Wildman–Crippen LogP) is 0.830. The summed E-state index contributed by atoms with van der Waals surface area (Å²) in [4.78, 5) is 17.5. The number of thioether (sulfide) groups is 1. The Labute approximate surface area is 96.2 Å². The summed E-state index contributed by atoms with van der Waals surface area (Å²) >= 11 is 1.20. The molecule has 1 heterocycles. The first-order chi connectivity index (χ1) is 7.54. The van der Waals surface area contributed by atoms with Crippen molar-refractivity contribution in [3.05, 3.63) is 16.3 Å². The van der Waals surface area contributed by atoms with Crippen molar-refractivity contribution in [3.8, 4) is 0 Å². The van der Waals surface area contributed by atoms with Crippen LogP contribution in [-0.4, -0.2) is 31.9 Å². The smallest absolute Gasteiger partial charge is 0.319 e. The van der Waals surface area contributed by atoms with Crippen molar-refractivity contribution in [2.24, 2.45) is 0 Å². The second-order valence-corrected chi connectivity index (χ2v) is 4.54. The van der Waals surface area contributed by atoms with Crippen molar-refractivity contribution < 1.29 is 10.0 Å². The van der Waals surface area contributed by atoms with Crippen molar-refractivity contribution in [2.75, 3.05) is 12.3 Å². The molecule has 8 heteroatoms. The molecule has 0 aliphatic carbocycles. The van der Waals surface area contributed by atoms with Crippen LogP contribution in [0.15, 0.2) is 11.2 Å². The van der Waals surface area contributed by atoms with Crippen molar-refractivity contribution >= 4 is 23.4 Å². The molecular weight excluding hydrogens is 232 g/mol. The predicted molar refractivity (Wildman–Crippen MR) is 60.1 cm³/mol. The van der Waals surface area contributed by atoms with Gasteiger partial charge in [0.1, 0.15) is 6.20 Å². The van der Waals surface area contributed by atoms with E-state index in [2.05, 4.69) is 9.97 Å². The van der Waals surface area contributed by atoms with E-state index in [9.17, 15) is 10.1 Å². The molecule has 1 aromatic heterocycles. The van der Waals surface area contributed by atoms with Gasteiger partial charge in [-0.3, -0.25) is 10.1 Å². The molecule has 0 spiro atoms. The minimum absolute atomic E-state index is 0.00398. The van der Waals surface area contributed by atoms with Gasteiger partial charge in [-0.2, -0.15) is 4.98 Å². The first-order valence-electron chi connectivity index (χ1n) is 4.59. The fraction of sp³-hybridized carbons (Fsp3) is 0.500. The van der Waals surface area contributed by atoms with Crippen molar-refractivity contribution in [3.63, 3.8) is 0 Å². The van der Waals surface area contributed by atoms with Crippen LogP contribution in [0, 0.1) is 10.1 Å². The number of nitrogens with zero attached hydrogens (tertiary/aromatic N) is 3. The summed E-state index contributed by atoms with van der Waals surface area (Å²) < 4.78 is 0. The molecule has 0 fully saturated rings. The molecule has 7 nitrogen and oxygen atoms in total. The zero-order valence-electron chi connectivity index (χ0n) is 8.66. The van der Waals surface area contributed by atoms with E-state index in [0.29, 0.717) is 6.42 Å². The van der Waals surface area contributed by atoms with E-state index in [4.69, 9.17) is 10.8 Å². The molecule has 88 valence electrons. The van der Waals surface area contributed by atoms with Gasteiger partial charge in [-0.05, 0) is 6.42 Å².